The van der Waals surface area contributed by atoms with Crippen LogP contribution in [0.25, 0.3) is 0 Å². The van der Waals surface area contributed by atoms with Crippen LogP contribution >= 0.6 is 11.6 Å². The van der Waals surface area contributed by atoms with E-state index in [0.29, 0.717) is 6.54 Å². The molecule has 0 amide bonds. The molecule has 0 aromatic heterocycles. The number of alkyl halides is 1. The smallest absolute Gasteiger partial charge is 0.321 e. The lowest BCUT2D eigenvalue weighted by Crippen LogP contribution is -2.17. The van der Waals surface area contributed by atoms with Crippen molar-refractivity contribution >= 4 is 17.6 Å². The Bertz CT molecular complexity index is 586. The van der Waals surface area contributed by atoms with Gasteiger partial charge in [-0.2, -0.15) is 0 Å². The fourth-order valence-corrected chi connectivity index (χ4v) is 2.31. The van der Waals surface area contributed by atoms with Crippen LogP contribution in [0.1, 0.15) is 22.8 Å². The lowest BCUT2D eigenvalue weighted by Gasteiger charge is -2.21. The molecule has 0 bridgehead atoms. The minimum absolute atomic E-state index is 0.155. The molecule has 1 unspecified atom stereocenters. The fraction of sp³-hybridized carbons (Fsp3) is 0.235. The van der Waals surface area contributed by atoms with Gasteiger partial charge in [-0.1, -0.05) is 54.6 Å². The number of benzene rings is 2. The van der Waals surface area contributed by atoms with Crippen molar-refractivity contribution in [2.75, 3.05) is 12.9 Å². The van der Waals surface area contributed by atoms with Gasteiger partial charge in [-0.15, -0.1) is 11.6 Å². The quantitative estimate of drug-likeness (QED) is 0.657. The predicted molar refractivity (Wildman–Crippen MR) is 84.3 cm³/mol. The van der Waals surface area contributed by atoms with Gasteiger partial charge in [-0.25, -0.2) is 0 Å². The first-order chi connectivity index (χ1) is 10.3. The van der Waals surface area contributed by atoms with Crippen LogP contribution in [0, 0.1) is 0 Å². The standard InChI is InChI=1S/C17H18ClNO2/c1-19-12-14-9-5-6-10-15(14)17(21-16(20)11-18)13-7-3-2-4-8-13/h2-10,17,19H,11-12H2,1H3. The number of hydrogen-bond donors (Lipinski definition) is 1. The third-order valence-electron chi connectivity index (χ3n) is 3.17. The lowest BCUT2D eigenvalue weighted by molar-refractivity contribution is -0.144. The summed E-state index contributed by atoms with van der Waals surface area (Å²) in [6.07, 6.45) is -0.443. The highest BCUT2D eigenvalue weighted by molar-refractivity contribution is 6.26. The van der Waals surface area contributed by atoms with Crippen LogP contribution in [0.5, 0.6) is 0 Å². The van der Waals surface area contributed by atoms with Gasteiger partial charge in [0.2, 0.25) is 0 Å². The maximum atomic E-state index is 11.7. The van der Waals surface area contributed by atoms with Crippen molar-refractivity contribution in [1.29, 1.82) is 0 Å². The van der Waals surface area contributed by atoms with Crippen LogP contribution in [0.3, 0.4) is 0 Å². The lowest BCUT2D eigenvalue weighted by atomic mass is 9.96. The molecule has 0 saturated heterocycles. The van der Waals surface area contributed by atoms with E-state index in [4.69, 9.17) is 16.3 Å². The molecule has 21 heavy (non-hydrogen) atoms. The van der Waals surface area contributed by atoms with Gasteiger partial charge in [-0.3, -0.25) is 4.79 Å². The molecule has 2 aromatic rings. The van der Waals surface area contributed by atoms with E-state index in [-0.39, 0.29) is 5.88 Å². The summed E-state index contributed by atoms with van der Waals surface area (Å²) in [5, 5.41) is 3.13. The molecule has 0 heterocycles. The monoisotopic (exact) mass is 303 g/mol. The van der Waals surface area contributed by atoms with E-state index in [1.54, 1.807) is 0 Å². The minimum atomic E-state index is -0.443. The van der Waals surface area contributed by atoms with E-state index in [1.165, 1.54) is 0 Å². The highest BCUT2D eigenvalue weighted by atomic mass is 35.5. The Hall–Kier alpha value is -1.84. The molecule has 4 heteroatoms. The SMILES string of the molecule is CNCc1ccccc1C(OC(=O)CCl)c1ccccc1. The molecule has 0 spiro atoms. The summed E-state index contributed by atoms with van der Waals surface area (Å²) >= 11 is 5.59. The summed E-state index contributed by atoms with van der Waals surface area (Å²) in [5.41, 5.74) is 2.99. The molecule has 0 aliphatic heterocycles. The number of carbonyl (C=O) groups excluding carboxylic acids is 1. The fourth-order valence-electron chi connectivity index (χ4n) is 2.24. The van der Waals surface area contributed by atoms with Gasteiger partial charge in [0.25, 0.3) is 0 Å². The molecule has 0 saturated carbocycles. The molecule has 0 aliphatic rings. The summed E-state index contributed by atoms with van der Waals surface area (Å²) in [6.45, 7) is 0.706. The molecular weight excluding hydrogens is 286 g/mol. The largest absolute Gasteiger partial charge is 0.452 e. The van der Waals surface area contributed by atoms with Gasteiger partial charge in [0.1, 0.15) is 5.88 Å². The maximum Gasteiger partial charge on any atom is 0.321 e. The Morgan fingerprint density at radius 3 is 2.48 bits per heavy atom. The van der Waals surface area contributed by atoms with Crippen molar-refractivity contribution < 1.29 is 9.53 Å². The summed E-state index contributed by atoms with van der Waals surface area (Å²) in [6, 6.07) is 17.6. The Morgan fingerprint density at radius 2 is 1.81 bits per heavy atom. The van der Waals surface area contributed by atoms with E-state index in [2.05, 4.69) is 5.32 Å². The van der Waals surface area contributed by atoms with Gasteiger partial charge >= 0.3 is 5.97 Å². The number of nitrogens with one attached hydrogen (secondary N) is 1. The summed E-state index contributed by atoms with van der Waals surface area (Å²) < 4.78 is 5.56. The van der Waals surface area contributed by atoms with Crippen LogP contribution < -0.4 is 5.32 Å². The second-order valence-corrected chi connectivity index (χ2v) is 4.91. The molecule has 1 atom stereocenters. The van der Waals surface area contributed by atoms with E-state index in [0.717, 1.165) is 16.7 Å². The molecule has 1 N–H and O–H groups in total. The second kappa shape index (κ2) is 7.81. The Balaban J connectivity index is 2.42. The number of carbonyl (C=O) groups is 1. The molecule has 2 aromatic carbocycles. The van der Waals surface area contributed by atoms with E-state index < -0.39 is 12.1 Å². The molecule has 0 fully saturated rings. The summed E-state index contributed by atoms with van der Waals surface area (Å²) in [7, 11) is 1.89. The average Bonchev–Trinajstić information content (AvgIpc) is 2.54. The van der Waals surface area contributed by atoms with Gasteiger partial charge in [0.15, 0.2) is 6.10 Å². The summed E-state index contributed by atoms with van der Waals surface area (Å²) in [4.78, 5) is 11.7. The molecular formula is C17H18ClNO2. The maximum absolute atomic E-state index is 11.7. The topological polar surface area (TPSA) is 38.3 Å². The van der Waals surface area contributed by atoms with E-state index in [9.17, 15) is 4.79 Å². The first kappa shape index (κ1) is 15.5. The molecule has 0 radical (unpaired) electrons. The highest BCUT2D eigenvalue weighted by Gasteiger charge is 2.20. The van der Waals surface area contributed by atoms with Crippen molar-refractivity contribution in [3.63, 3.8) is 0 Å². The number of halogens is 1. The van der Waals surface area contributed by atoms with Crippen LogP contribution in [-0.2, 0) is 16.1 Å². The van der Waals surface area contributed by atoms with Crippen LogP contribution in [0.4, 0.5) is 0 Å². The van der Waals surface area contributed by atoms with Crippen molar-refractivity contribution in [3.05, 3.63) is 71.3 Å². The third-order valence-corrected chi connectivity index (χ3v) is 3.38. The highest BCUT2D eigenvalue weighted by Crippen LogP contribution is 2.29. The zero-order valence-corrected chi connectivity index (χ0v) is 12.6. The normalized spacial score (nSPS) is 11.9. The minimum Gasteiger partial charge on any atom is -0.452 e. The third kappa shape index (κ3) is 4.06. The van der Waals surface area contributed by atoms with Gasteiger partial charge in [0, 0.05) is 12.1 Å². The number of hydrogen-bond acceptors (Lipinski definition) is 3. The van der Waals surface area contributed by atoms with Gasteiger partial charge in [0.05, 0.1) is 0 Å². The Labute approximate surface area is 129 Å². The predicted octanol–water partition coefficient (Wildman–Crippen LogP) is 3.28. The zero-order valence-electron chi connectivity index (χ0n) is 11.9. The van der Waals surface area contributed by atoms with E-state index >= 15 is 0 Å². The van der Waals surface area contributed by atoms with Gasteiger partial charge in [-0.05, 0) is 18.2 Å². The number of rotatable bonds is 6. The second-order valence-electron chi connectivity index (χ2n) is 4.64. The zero-order chi connectivity index (χ0) is 15.1. The first-order valence-electron chi connectivity index (χ1n) is 6.79. The van der Waals surface area contributed by atoms with Crippen LogP contribution in [-0.4, -0.2) is 18.9 Å². The summed E-state index contributed by atoms with van der Waals surface area (Å²) in [5.74, 6) is -0.581. The molecule has 0 aliphatic carbocycles. The van der Waals surface area contributed by atoms with E-state index in [1.807, 2.05) is 61.6 Å². The van der Waals surface area contributed by atoms with Crippen molar-refractivity contribution in [2.45, 2.75) is 12.6 Å². The molecule has 2 rings (SSSR count). The average molecular weight is 304 g/mol. The molecule has 3 nitrogen and oxygen atoms in total. The van der Waals surface area contributed by atoms with Crippen molar-refractivity contribution in [2.24, 2.45) is 0 Å². The first-order valence-corrected chi connectivity index (χ1v) is 7.32. The van der Waals surface area contributed by atoms with Gasteiger partial charge < -0.3 is 10.1 Å². The number of esters is 1. The van der Waals surface area contributed by atoms with Crippen molar-refractivity contribution in [3.8, 4) is 0 Å². The van der Waals surface area contributed by atoms with Crippen molar-refractivity contribution in [1.82, 2.24) is 5.32 Å². The van der Waals surface area contributed by atoms with Crippen LogP contribution in [0.2, 0.25) is 0 Å². The number of ether oxygens (including phenoxy) is 1. The Morgan fingerprint density at radius 1 is 1.14 bits per heavy atom. The Kier molecular flexibility index (Phi) is 5.78. The van der Waals surface area contributed by atoms with Crippen LogP contribution in [0.15, 0.2) is 54.6 Å². The molecule has 110 valence electrons.